The number of thiazole rings is 1. The number of aromatic nitrogens is 1. The number of thioether (sulfide) groups is 1. The molecule has 10 heteroatoms. The summed E-state index contributed by atoms with van der Waals surface area (Å²) in [5, 5.41) is 16.2. The van der Waals surface area contributed by atoms with Crippen molar-refractivity contribution in [1.82, 2.24) is 4.98 Å². The summed E-state index contributed by atoms with van der Waals surface area (Å²) in [5.41, 5.74) is 2.28. The van der Waals surface area contributed by atoms with Crippen molar-refractivity contribution in [2.45, 2.75) is 29.9 Å². The van der Waals surface area contributed by atoms with Gasteiger partial charge in [-0.1, -0.05) is 0 Å². The number of rotatable bonds is 10. The molecular weight excluding hydrogens is 462 g/mol. The van der Waals surface area contributed by atoms with Crippen molar-refractivity contribution >= 4 is 51.7 Å². The smallest absolute Gasteiger partial charge is 0.303 e. The lowest BCUT2D eigenvalue weighted by Gasteiger charge is -2.11. The molecule has 0 spiro atoms. The molecule has 2 aromatic carbocycles. The Balaban J connectivity index is 1.51. The fourth-order valence-corrected chi connectivity index (χ4v) is 4.34. The number of ether oxygens (including phenoxy) is 1. The van der Waals surface area contributed by atoms with Crippen LogP contribution in [0.15, 0.2) is 58.8 Å². The van der Waals surface area contributed by atoms with Crippen molar-refractivity contribution in [2.24, 2.45) is 0 Å². The van der Waals surface area contributed by atoms with Crippen molar-refractivity contribution in [3.8, 4) is 17.0 Å². The van der Waals surface area contributed by atoms with Crippen LogP contribution in [-0.4, -0.2) is 40.2 Å². The zero-order valence-electron chi connectivity index (χ0n) is 18.0. The van der Waals surface area contributed by atoms with Gasteiger partial charge in [-0.2, -0.15) is 0 Å². The van der Waals surface area contributed by atoms with Gasteiger partial charge in [0.15, 0.2) is 5.13 Å². The summed E-state index contributed by atoms with van der Waals surface area (Å²) in [6.45, 7) is 1.81. The second kappa shape index (κ2) is 11.5. The molecule has 172 valence electrons. The normalized spacial score (nSPS) is 11.5. The molecule has 0 fully saturated rings. The predicted molar refractivity (Wildman–Crippen MR) is 130 cm³/mol. The maximum absolute atomic E-state index is 12.6. The number of hydrogen-bond acceptors (Lipinski definition) is 7. The highest BCUT2D eigenvalue weighted by atomic mass is 32.2. The highest BCUT2D eigenvalue weighted by Gasteiger charge is 2.17. The van der Waals surface area contributed by atoms with Gasteiger partial charge in [0.2, 0.25) is 11.8 Å². The van der Waals surface area contributed by atoms with Gasteiger partial charge in [-0.25, -0.2) is 4.98 Å². The van der Waals surface area contributed by atoms with E-state index in [9.17, 15) is 14.4 Å². The van der Waals surface area contributed by atoms with E-state index >= 15 is 0 Å². The van der Waals surface area contributed by atoms with Crippen LogP contribution in [0.1, 0.15) is 19.8 Å². The van der Waals surface area contributed by atoms with Gasteiger partial charge in [-0.05, 0) is 55.5 Å². The van der Waals surface area contributed by atoms with Gasteiger partial charge in [-0.3, -0.25) is 14.4 Å². The van der Waals surface area contributed by atoms with Gasteiger partial charge in [0.25, 0.3) is 0 Å². The van der Waals surface area contributed by atoms with Gasteiger partial charge in [-0.15, -0.1) is 23.1 Å². The quantitative estimate of drug-likeness (QED) is 0.355. The van der Waals surface area contributed by atoms with E-state index in [1.54, 1.807) is 38.3 Å². The molecular formula is C23H23N3O5S2. The Bertz CT molecular complexity index is 1110. The zero-order valence-corrected chi connectivity index (χ0v) is 19.7. The highest BCUT2D eigenvalue weighted by molar-refractivity contribution is 8.00. The molecule has 0 aliphatic rings. The Morgan fingerprint density at radius 1 is 1.06 bits per heavy atom. The minimum Gasteiger partial charge on any atom is -0.497 e. The van der Waals surface area contributed by atoms with Crippen LogP contribution in [0, 0.1) is 0 Å². The number of anilines is 2. The molecule has 1 heterocycles. The Labute approximate surface area is 199 Å². The molecule has 0 radical (unpaired) electrons. The average Bonchev–Trinajstić information content (AvgIpc) is 3.27. The van der Waals surface area contributed by atoms with Crippen LogP contribution in [-0.2, 0) is 14.4 Å². The first-order valence-corrected chi connectivity index (χ1v) is 11.8. The van der Waals surface area contributed by atoms with Crippen LogP contribution < -0.4 is 15.4 Å². The topological polar surface area (TPSA) is 118 Å². The number of benzene rings is 2. The molecule has 0 saturated carbocycles. The van der Waals surface area contributed by atoms with Crippen molar-refractivity contribution in [3.63, 3.8) is 0 Å². The van der Waals surface area contributed by atoms with Crippen LogP contribution >= 0.6 is 23.1 Å². The first-order chi connectivity index (χ1) is 15.8. The van der Waals surface area contributed by atoms with E-state index in [2.05, 4.69) is 15.6 Å². The average molecular weight is 486 g/mol. The molecule has 1 atom stereocenters. The SMILES string of the molecule is COc1ccc(-c2csc(NC(=O)C(C)Sc3ccc(NC(=O)CCC(=O)O)cc3)n2)cc1. The molecule has 33 heavy (non-hydrogen) atoms. The molecule has 1 unspecified atom stereocenters. The number of hydrogen-bond donors (Lipinski definition) is 3. The largest absolute Gasteiger partial charge is 0.497 e. The highest BCUT2D eigenvalue weighted by Crippen LogP contribution is 2.29. The number of aliphatic carboxylic acids is 1. The molecule has 0 aliphatic heterocycles. The second-order valence-electron chi connectivity index (χ2n) is 6.98. The first-order valence-electron chi connectivity index (χ1n) is 10.0. The van der Waals surface area contributed by atoms with E-state index in [1.165, 1.54) is 23.1 Å². The number of amides is 2. The molecule has 3 rings (SSSR count). The third-order valence-electron chi connectivity index (χ3n) is 4.51. The molecule has 3 N–H and O–H groups in total. The fourth-order valence-electron chi connectivity index (χ4n) is 2.75. The van der Waals surface area contributed by atoms with E-state index in [4.69, 9.17) is 9.84 Å². The lowest BCUT2D eigenvalue weighted by atomic mass is 10.2. The lowest BCUT2D eigenvalue weighted by Crippen LogP contribution is -2.22. The van der Waals surface area contributed by atoms with E-state index in [0.717, 1.165) is 21.9 Å². The van der Waals surface area contributed by atoms with E-state index in [1.807, 2.05) is 29.6 Å². The van der Waals surface area contributed by atoms with Crippen LogP contribution in [0.2, 0.25) is 0 Å². The maximum Gasteiger partial charge on any atom is 0.303 e. The van der Waals surface area contributed by atoms with Crippen molar-refractivity contribution in [3.05, 3.63) is 53.9 Å². The van der Waals surface area contributed by atoms with Gasteiger partial charge >= 0.3 is 5.97 Å². The molecule has 2 amide bonds. The fraction of sp³-hybridized carbons (Fsp3) is 0.217. The zero-order chi connectivity index (χ0) is 23.8. The predicted octanol–water partition coefficient (Wildman–Crippen LogP) is 4.74. The minimum atomic E-state index is -1.01. The molecule has 3 aromatic rings. The first kappa shape index (κ1) is 24.3. The van der Waals surface area contributed by atoms with Crippen molar-refractivity contribution in [2.75, 3.05) is 17.7 Å². The van der Waals surface area contributed by atoms with E-state index < -0.39 is 5.97 Å². The third kappa shape index (κ3) is 7.33. The van der Waals surface area contributed by atoms with Gasteiger partial charge in [0.05, 0.1) is 24.5 Å². The van der Waals surface area contributed by atoms with Crippen LogP contribution in [0.4, 0.5) is 10.8 Å². The number of nitrogens with zero attached hydrogens (tertiary/aromatic N) is 1. The Hall–Kier alpha value is -3.37. The van der Waals surface area contributed by atoms with Gasteiger partial charge < -0.3 is 20.5 Å². The summed E-state index contributed by atoms with van der Waals surface area (Å²) >= 11 is 2.74. The van der Waals surface area contributed by atoms with Gasteiger partial charge in [0.1, 0.15) is 5.75 Å². The molecule has 0 saturated heterocycles. The minimum absolute atomic E-state index is 0.0834. The summed E-state index contributed by atoms with van der Waals surface area (Å²) in [5.74, 6) is -0.773. The summed E-state index contributed by atoms with van der Waals surface area (Å²) in [4.78, 5) is 40.2. The monoisotopic (exact) mass is 485 g/mol. The van der Waals surface area contributed by atoms with Crippen LogP contribution in [0.25, 0.3) is 11.3 Å². The summed E-state index contributed by atoms with van der Waals surface area (Å²) in [6, 6.07) is 14.6. The summed E-state index contributed by atoms with van der Waals surface area (Å²) in [7, 11) is 1.61. The lowest BCUT2D eigenvalue weighted by molar-refractivity contribution is -0.138. The number of methoxy groups -OCH3 is 1. The Morgan fingerprint density at radius 2 is 1.76 bits per heavy atom. The number of carbonyl (C=O) groups excluding carboxylic acids is 2. The summed E-state index contributed by atoms with van der Waals surface area (Å²) in [6.07, 6.45) is -0.299. The maximum atomic E-state index is 12.6. The van der Waals surface area contributed by atoms with E-state index in [0.29, 0.717) is 10.8 Å². The summed E-state index contributed by atoms with van der Waals surface area (Å²) < 4.78 is 5.16. The van der Waals surface area contributed by atoms with E-state index in [-0.39, 0.29) is 29.9 Å². The number of nitrogens with one attached hydrogen (secondary N) is 2. The molecule has 0 aliphatic carbocycles. The Morgan fingerprint density at radius 3 is 2.39 bits per heavy atom. The Kier molecular flexibility index (Phi) is 8.45. The third-order valence-corrected chi connectivity index (χ3v) is 6.38. The second-order valence-corrected chi connectivity index (χ2v) is 9.25. The van der Waals surface area contributed by atoms with Crippen molar-refractivity contribution < 1.29 is 24.2 Å². The number of carboxylic acids is 1. The molecule has 1 aromatic heterocycles. The molecule has 0 bridgehead atoms. The molecule has 8 nitrogen and oxygen atoms in total. The number of carboxylic acid groups (broad SMARTS) is 1. The van der Waals surface area contributed by atoms with Crippen LogP contribution in [0.5, 0.6) is 5.75 Å². The standard InChI is InChI=1S/C23H23N3O5S2/c1-14(33-18-9-5-16(6-10-18)24-20(27)11-12-21(28)29)22(30)26-23-25-19(13-32-23)15-3-7-17(31-2)8-4-15/h3-10,13-14H,11-12H2,1-2H3,(H,24,27)(H,28,29)(H,25,26,30). The van der Waals surface area contributed by atoms with Gasteiger partial charge in [0, 0.05) is 27.9 Å². The van der Waals surface area contributed by atoms with Crippen molar-refractivity contribution in [1.29, 1.82) is 0 Å². The van der Waals surface area contributed by atoms with Crippen LogP contribution in [0.3, 0.4) is 0 Å². The number of carbonyl (C=O) groups is 3.